The number of urea groups is 1. The number of piperidine rings is 1. The lowest BCUT2D eigenvalue weighted by Gasteiger charge is -2.60. The van der Waals surface area contributed by atoms with E-state index in [1.54, 1.807) is 7.11 Å². The zero-order valence-electron chi connectivity index (χ0n) is 16.0. The van der Waals surface area contributed by atoms with Gasteiger partial charge in [0.15, 0.2) is 0 Å². The Hall–Kier alpha value is -2.12. The number of nitrogens with one attached hydrogen (secondary N) is 3. The first-order valence-electron chi connectivity index (χ1n) is 9.51. The molecule has 7 heteroatoms. The predicted octanol–water partition coefficient (Wildman–Crippen LogP) is 1.12. The molecule has 3 amide bonds. The first-order valence-corrected chi connectivity index (χ1v) is 9.51. The number of hydrogen-bond donors (Lipinski definition) is 4. The minimum atomic E-state index is -1.03. The third-order valence-corrected chi connectivity index (χ3v) is 7.06. The Balaban J connectivity index is 1.91. The summed E-state index contributed by atoms with van der Waals surface area (Å²) in [7, 11) is 1.62. The molecule has 0 aromatic heterocycles. The SMILES string of the molecule is COc1ccc(C)c([C@]23CCN[C@H](C)[C@]2(O)CC[C@@]2(C3)NC(=O)NC2=O)c1. The molecule has 4 N–H and O–H groups in total. The number of carbonyl (C=O) groups is 2. The van der Waals surface area contributed by atoms with Crippen LogP contribution in [-0.2, 0) is 10.2 Å². The van der Waals surface area contributed by atoms with Crippen LogP contribution in [0, 0.1) is 6.92 Å². The lowest BCUT2D eigenvalue weighted by molar-refractivity contribution is -0.146. The molecule has 4 atom stereocenters. The number of benzene rings is 1. The van der Waals surface area contributed by atoms with E-state index < -0.39 is 22.6 Å². The zero-order chi connectivity index (χ0) is 19.4. The number of aliphatic hydroxyl groups is 1. The summed E-state index contributed by atoms with van der Waals surface area (Å²) in [4.78, 5) is 24.6. The predicted molar refractivity (Wildman–Crippen MR) is 99.7 cm³/mol. The van der Waals surface area contributed by atoms with Crippen molar-refractivity contribution in [2.75, 3.05) is 13.7 Å². The van der Waals surface area contributed by atoms with Gasteiger partial charge in [-0.2, -0.15) is 0 Å². The molecule has 3 aliphatic rings. The minimum absolute atomic E-state index is 0.130. The third kappa shape index (κ3) is 2.41. The van der Waals surface area contributed by atoms with Gasteiger partial charge in [0.05, 0.1) is 12.7 Å². The van der Waals surface area contributed by atoms with Crippen molar-refractivity contribution in [2.45, 2.75) is 62.1 Å². The number of hydrogen-bond acceptors (Lipinski definition) is 5. The van der Waals surface area contributed by atoms with Crippen LogP contribution in [0.2, 0.25) is 0 Å². The molecule has 146 valence electrons. The highest BCUT2D eigenvalue weighted by atomic mass is 16.5. The number of carbonyl (C=O) groups excluding carboxylic acids is 2. The number of ether oxygens (including phenoxy) is 1. The lowest BCUT2D eigenvalue weighted by atomic mass is 9.50. The van der Waals surface area contributed by atoms with Crippen molar-refractivity contribution >= 4 is 11.9 Å². The smallest absolute Gasteiger partial charge is 0.322 e. The van der Waals surface area contributed by atoms with Gasteiger partial charge >= 0.3 is 6.03 Å². The number of aryl methyl sites for hydroxylation is 1. The summed E-state index contributed by atoms with van der Waals surface area (Å²) in [5.74, 6) is 0.429. The van der Waals surface area contributed by atoms with Crippen LogP contribution in [0.3, 0.4) is 0 Å². The Bertz CT molecular complexity index is 812. The maximum absolute atomic E-state index is 12.7. The Morgan fingerprint density at radius 2 is 2.00 bits per heavy atom. The van der Waals surface area contributed by atoms with Gasteiger partial charge in [0.1, 0.15) is 11.3 Å². The summed E-state index contributed by atoms with van der Waals surface area (Å²) in [5.41, 5.74) is -0.628. The molecular weight excluding hydrogens is 346 g/mol. The van der Waals surface area contributed by atoms with Crippen LogP contribution in [0.5, 0.6) is 5.75 Å². The van der Waals surface area contributed by atoms with Gasteiger partial charge in [0.2, 0.25) is 0 Å². The van der Waals surface area contributed by atoms with Crippen molar-refractivity contribution in [1.82, 2.24) is 16.0 Å². The van der Waals surface area contributed by atoms with Crippen molar-refractivity contribution < 1.29 is 19.4 Å². The van der Waals surface area contributed by atoms with Crippen LogP contribution in [-0.4, -0.2) is 47.9 Å². The van der Waals surface area contributed by atoms with Gasteiger partial charge in [-0.3, -0.25) is 10.1 Å². The van der Waals surface area contributed by atoms with Crippen LogP contribution in [0.15, 0.2) is 18.2 Å². The molecule has 0 radical (unpaired) electrons. The van der Waals surface area contributed by atoms with Crippen LogP contribution < -0.4 is 20.7 Å². The van der Waals surface area contributed by atoms with E-state index in [9.17, 15) is 14.7 Å². The lowest BCUT2D eigenvalue weighted by Crippen LogP contribution is -2.73. The molecule has 2 saturated heterocycles. The Morgan fingerprint density at radius 3 is 2.67 bits per heavy atom. The van der Waals surface area contributed by atoms with Crippen LogP contribution in [0.1, 0.15) is 43.7 Å². The Kier molecular flexibility index (Phi) is 4.01. The molecule has 2 aliphatic heterocycles. The van der Waals surface area contributed by atoms with Crippen molar-refractivity contribution in [3.8, 4) is 5.75 Å². The average molecular weight is 373 g/mol. The van der Waals surface area contributed by atoms with Gasteiger partial charge in [0.25, 0.3) is 5.91 Å². The number of rotatable bonds is 2. The fourth-order valence-corrected chi connectivity index (χ4v) is 5.54. The first kappa shape index (κ1) is 18.3. The first-order chi connectivity index (χ1) is 12.8. The highest BCUT2D eigenvalue weighted by molar-refractivity contribution is 6.07. The second-order valence-electron chi connectivity index (χ2n) is 8.28. The van der Waals surface area contributed by atoms with E-state index >= 15 is 0 Å². The molecule has 0 bridgehead atoms. The maximum Gasteiger partial charge on any atom is 0.322 e. The molecule has 1 aromatic carbocycles. The summed E-state index contributed by atoms with van der Waals surface area (Å²) in [6.07, 6.45) is 1.88. The zero-order valence-corrected chi connectivity index (χ0v) is 16.0. The number of amides is 3. The average Bonchev–Trinajstić information content (AvgIpc) is 2.90. The molecule has 4 rings (SSSR count). The molecule has 27 heavy (non-hydrogen) atoms. The minimum Gasteiger partial charge on any atom is -0.497 e. The second-order valence-corrected chi connectivity index (χ2v) is 8.28. The van der Waals surface area contributed by atoms with E-state index in [1.807, 2.05) is 32.0 Å². The summed E-state index contributed by atoms with van der Waals surface area (Å²) >= 11 is 0. The standard InChI is InChI=1S/C20H27N3O4/c1-12-4-5-14(27-3)10-15(12)18-8-9-21-13(2)20(18,26)7-6-19(11-18)16(24)22-17(25)23-19/h4-5,10,13,21,26H,6-9,11H2,1-3H3,(H2,22,23,24,25)/t13-,18-,19+,20-/m1/s1. The highest BCUT2D eigenvalue weighted by Crippen LogP contribution is 2.56. The molecular formula is C20H27N3O4. The van der Waals surface area contributed by atoms with Gasteiger partial charge in [0, 0.05) is 11.5 Å². The highest BCUT2D eigenvalue weighted by Gasteiger charge is 2.65. The third-order valence-electron chi connectivity index (χ3n) is 7.06. The topological polar surface area (TPSA) is 99.7 Å². The summed E-state index contributed by atoms with van der Waals surface area (Å²) in [6.45, 7) is 4.74. The second kappa shape index (κ2) is 5.94. The molecule has 3 fully saturated rings. The van der Waals surface area contributed by atoms with Gasteiger partial charge in [-0.05, 0) is 69.3 Å². The molecule has 1 aromatic rings. The quantitative estimate of drug-likeness (QED) is 0.582. The molecule has 1 aliphatic carbocycles. The Labute approximate surface area is 158 Å². The van der Waals surface area contributed by atoms with E-state index in [4.69, 9.17) is 4.74 Å². The van der Waals surface area contributed by atoms with Crippen LogP contribution in [0.25, 0.3) is 0 Å². The molecule has 2 heterocycles. The summed E-state index contributed by atoms with van der Waals surface area (Å²) < 4.78 is 5.45. The van der Waals surface area contributed by atoms with Crippen molar-refractivity contribution in [3.05, 3.63) is 29.3 Å². The van der Waals surface area contributed by atoms with Crippen molar-refractivity contribution in [3.63, 3.8) is 0 Å². The maximum atomic E-state index is 12.7. The van der Waals surface area contributed by atoms with Crippen molar-refractivity contribution in [2.24, 2.45) is 0 Å². The van der Waals surface area contributed by atoms with E-state index in [0.29, 0.717) is 25.7 Å². The monoisotopic (exact) mass is 373 g/mol. The van der Waals surface area contributed by atoms with E-state index in [-0.39, 0.29) is 11.9 Å². The largest absolute Gasteiger partial charge is 0.497 e. The molecule has 1 spiro atoms. The van der Waals surface area contributed by atoms with Gasteiger partial charge in [-0.1, -0.05) is 6.07 Å². The summed E-state index contributed by atoms with van der Waals surface area (Å²) in [6, 6.07) is 5.29. The molecule has 1 saturated carbocycles. The number of methoxy groups -OCH3 is 1. The fraction of sp³-hybridized carbons (Fsp3) is 0.600. The van der Waals surface area contributed by atoms with Gasteiger partial charge in [-0.15, -0.1) is 0 Å². The van der Waals surface area contributed by atoms with E-state index in [2.05, 4.69) is 16.0 Å². The fourth-order valence-electron chi connectivity index (χ4n) is 5.54. The van der Waals surface area contributed by atoms with E-state index in [0.717, 1.165) is 23.4 Å². The van der Waals surface area contributed by atoms with Crippen LogP contribution in [0.4, 0.5) is 4.79 Å². The van der Waals surface area contributed by atoms with E-state index in [1.165, 1.54) is 0 Å². The van der Waals surface area contributed by atoms with Gasteiger partial charge < -0.3 is 20.5 Å². The Morgan fingerprint density at radius 1 is 1.22 bits per heavy atom. The number of fused-ring (bicyclic) bond motifs is 1. The van der Waals surface area contributed by atoms with Crippen molar-refractivity contribution in [1.29, 1.82) is 0 Å². The molecule has 0 unspecified atom stereocenters. The number of imide groups is 1. The van der Waals surface area contributed by atoms with Gasteiger partial charge in [-0.25, -0.2) is 4.79 Å². The van der Waals surface area contributed by atoms with Crippen LogP contribution >= 0.6 is 0 Å². The molecule has 7 nitrogen and oxygen atoms in total. The normalized spacial score (nSPS) is 38.3. The summed E-state index contributed by atoms with van der Waals surface area (Å²) in [5, 5.41) is 20.5.